The van der Waals surface area contributed by atoms with Gasteiger partial charge in [0.25, 0.3) is 0 Å². The molecule has 0 aromatic carbocycles. The predicted molar refractivity (Wildman–Crippen MR) is 59.3 cm³/mol. The van der Waals surface area contributed by atoms with E-state index in [9.17, 15) is 0 Å². The minimum Gasteiger partial charge on any atom is -0.335 e. The van der Waals surface area contributed by atoms with E-state index in [-0.39, 0.29) is 0 Å². The van der Waals surface area contributed by atoms with Crippen molar-refractivity contribution in [3.63, 3.8) is 0 Å². The van der Waals surface area contributed by atoms with E-state index in [1.807, 2.05) is 13.2 Å². The van der Waals surface area contributed by atoms with Gasteiger partial charge in [0.1, 0.15) is 5.82 Å². The van der Waals surface area contributed by atoms with Gasteiger partial charge in [-0.1, -0.05) is 6.42 Å². The number of unbranched alkanes of at least 4 members (excludes halogenated alkanes) is 1. The maximum Gasteiger partial charge on any atom is 0.105 e. The van der Waals surface area contributed by atoms with Crippen molar-refractivity contribution in [3.05, 3.63) is 18.2 Å². The monoisotopic (exact) mass is 195 g/mol. The maximum atomic E-state index is 4.20. The van der Waals surface area contributed by atoms with E-state index in [2.05, 4.69) is 34.9 Å². The number of rotatable bonds is 6. The van der Waals surface area contributed by atoms with Gasteiger partial charge in [0.05, 0.1) is 0 Å². The fraction of sp³-hybridized carbons (Fsp3) is 0.727. The molecule has 0 aliphatic carbocycles. The second-order valence-electron chi connectivity index (χ2n) is 3.85. The third-order valence-electron chi connectivity index (χ3n) is 2.70. The Labute approximate surface area is 86.5 Å². The van der Waals surface area contributed by atoms with Crippen molar-refractivity contribution < 1.29 is 0 Å². The van der Waals surface area contributed by atoms with Gasteiger partial charge in [0.15, 0.2) is 0 Å². The Hall–Kier alpha value is -0.830. The van der Waals surface area contributed by atoms with Crippen LogP contribution in [-0.2, 0) is 6.54 Å². The van der Waals surface area contributed by atoms with E-state index in [0.29, 0.717) is 6.04 Å². The molecule has 1 aromatic rings. The minimum absolute atomic E-state index is 0.638. The molecule has 0 saturated carbocycles. The van der Waals surface area contributed by atoms with Crippen molar-refractivity contribution in [1.82, 2.24) is 14.9 Å². The van der Waals surface area contributed by atoms with Gasteiger partial charge in [-0.25, -0.2) is 4.98 Å². The summed E-state index contributed by atoms with van der Waals surface area (Å²) in [6.45, 7) is 5.38. The molecule has 1 heterocycles. The molecule has 0 fully saturated rings. The Bertz CT molecular complexity index is 255. The van der Waals surface area contributed by atoms with Gasteiger partial charge in [0.2, 0.25) is 0 Å². The first-order valence-electron chi connectivity index (χ1n) is 5.39. The van der Waals surface area contributed by atoms with Gasteiger partial charge in [-0.2, -0.15) is 0 Å². The van der Waals surface area contributed by atoms with Crippen LogP contribution in [0.15, 0.2) is 12.4 Å². The summed E-state index contributed by atoms with van der Waals surface area (Å²) in [7, 11) is 2.02. The van der Waals surface area contributed by atoms with Crippen LogP contribution in [0, 0.1) is 6.92 Å². The largest absolute Gasteiger partial charge is 0.335 e. The lowest BCUT2D eigenvalue weighted by atomic mass is 10.1. The van der Waals surface area contributed by atoms with Gasteiger partial charge in [-0.05, 0) is 33.7 Å². The summed E-state index contributed by atoms with van der Waals surface area (Å²) in [6.07, 6.45) is 7.69. The SMILES string of the molecule is CNC(C)CCCCn1ccnc1C. The van der Waals surface area contributed by atoms with E-state index in [1.54, 1.807) is 0 Å². The number of aryl methyl sites for hydroxylation is 2. The van der Waals surface area contributed by atoms with Crippen LogP contribution in [0.25, 0.3) is 0 Å². The second-order valence-corrected chi connectivity index (χ2v) is 3.85. The van der Waals surface area contributed by atoms with Gasteiger partial charge < -0.3 is 9.88 Å². The number of aromatic nitrogens is 2. The topological polar surface area (TPSA) is 29.9 Å². The second kappa shape index (κ2) is 5.81. The van der Waals surface area contributed by atoms with Crippen LogP contribution in [0.2, 0.25) is 0 Å². The molecule has 1 N–H and O–H groups in total. The van der Waals surface area contributed by atoms with Crippen molar-refractivity contribution in [2.24, 2.45) is 0 Å². The lowest BCUT2D eigenvalue weighted by Gasteiger charge is -2.09. The van der Waals surface area contributed by atoms with E-state index < -0.39 is 0 Å². The van der Waals surface area contributed by atoms with Crippen molar-refractivity contribution in [3.8, 4) is 0 Å². The molecule has 0 saturated heterocycles. The Morgan fingerprint density at radius 3 is 2.86 bits per heavy atom. The summed E-state index contributed by atoms with van der Waals surface area (Å²) in [4.78, 5) is 4.20. The molecular formula is C11H21N3. The van der Waals surface area contributed by atoms with Crippen LogP contribution in [0.1, 0.15) is 32.0 Å². The Balaban J connectivity index is 2.13. The van der Waals surface area contributed by atoms with Gasteiger partial charge >= 0.3 is 0 Å². The summed E-state index contributed by atoms with van der Waals surface area (Å²) >= 11 is 0. The van der Waals surface area contributed by atoms with Crippen LogP contribution < -0.4 is 5.32 Å². The average molecular weight is 195 g/mol. The normalized spacial score (nSPS) is 13.1. The zero-order valence-electron chi connectivity index (χ0n) is 9.45. The smallest absolute Gasteiger partial charge is 0.105 e. The highest BCUT2D eigenvalue weighted by atomic mass is 15.0. The third-order valence-corrected chi connectivity index (χ3v) is 2.70. The molecule has 0 aliphatic heterocycles. The van der Waals surface area contributed by atoms with Crippen LogP contribution in [0.5, 0.6) is 0 Å². The summed E-state index contributed by atoms with van der Waals surface area (Å²) in [6, 6.07) is 0.638. The molecule has 14 heavy (non-hydrogen) atoms. The summed E-state index contributed by atoms with van der Waals surface area (Å²) in [5.41, 5.74) is 0. The van der Waals surface area contributed by atoms with Crippen molar-refractivity contribution >= 4 is 0 Å². The van der Waals surface area contributed by atoms with E-state index in [4.69, 9.17) is 0 Å². The van der Waals surface area contributed by atoms with Gasteiger partial charge in [-0.3, -0.25) is 0 Å². The Kier molecular flexibility index (Phi) is 4.66. The number of nitrogens with one attached hydrogen (secondary N) is 1. The molecule has 3 nitrogen and oxygen atoms in total. The molecule has 3 heteroatoms. The predicted octanol–water partition coefficient (Wildman–Crippen LogP) is 1.97. The average Bonchev–Trinajstić information content (AvgIpc) is 2.58. The van der Waals surface area contributed by atoms with Gasteiger partial charge in [0, 0.05) is 25.0 Å². The molecule has 1 atom stereocenters. The summed E-state index contributed by atoms with van der Waals surface area (Å²) in [5, 5.41) is 3.25. The summed E-state index contributed by atoms with van der Waals surface area (Å²) < 4.78 is 2.21. The highest BCUT2D eigenvalue weighted by Crippen LogP contribution is 2.04. The highest BCUT2D eigenvalue weighted by Gasteiger charge is 1.99. The standard InChI is InChI=1S/C11H21N3/c1-10(12-3)6-4-5-8-14-9-7-13-11(14)2/h7,9-10,12H,4-6,8H2,1-3H3. The van der Waals surface area contributed by atoms with E-state index in [0.717, 1.165) is 12.4 Å². The van der Waals surface area contributed by atoms with E-state index >= 15 is 0 Å². The minimum atomic E-state index is 0.638. The van der Waals surface area contributed by atoms with Crippen LogP contribution in [0.3, 0.4) is 0 Å². The molecule has 80 valence electrons. The van der Waals surface area contributed by atoms with Crippen molar-refractivity contribution in [1.29, 1.82) is 0 Å². The quantitative estimate of drug-likeness (QED) is 0.703. The zero-order valence-corrected chi connectivity index (χ0v) is 9.45. The number of imidazole rings is 1. The molecule has 1 rings (SSSR count). The highest BCUT2D eigenvalue weighted by molar-refractivity contribution is 4.87. The molecular weight excluding hydrogens is 174 g/mol. The van der Waals surface area contributed by atoms with E-state index in [1.165, 1.54) is 19.3 Å². The fourth-order valence-electron chi connectivity index (χ4n) is 1.52. The van der Waals surface area contributed by atoms with Crippen molar-refractivity contribution in [2.45, 2.75) is 45.7 Å². The number of hydrogen-bond acceptors (Lipinski definition) is 2. The van der Waals surface area contributed by atoms with Gasteiger partial charge in [-0.15, -0.1) is 0 Å². The third kappa shape index (κ3) is 3.50. The zero-order chi connectivity index (χ0) is 10.4. The van der Waals surface area contributed by atoms with Crippen LogP contribution in [0.4, 0.5) is 0 Å². The Morgan fingerprint density at radius 2 is 2.29 bits per heavy atom. The molecule has 1 unspecified atom stereocenters. The first-order valence-corrected chi connectivity index (χ1v) is 5.39. The summed E-state index contributed by atoms with van der Waals surface area (Å²) in [5.74, 6) is 1.12. The lowest BCUT2D eigenvalue weighted by Crippen LogP contribution is -2.20. The van der Waals surface area contributed by atoms with Crippen molar-refractivity contribution in [2.75, 3.05) is 7.05 Å². The molecule has 1 aromatic heterocycles. The van der Waals surface area contributed by atoms with Crippen LogP contribution in [-0.4, -0.2) is 22.6 Å². The molecule has 0 aliphatic rings. The molecule has 0 radical (unpaired) electrons. The fourth-order valence-corrected chi connectivity index (χ4v) is 1.52. The first-order chi connectivity index (χ1) is 6.74. The number of nitrogens with zero attached hydrogens (tertiary/aromatic N) is 2. The Morgan fingerprint density at radius 1 is 1.50 bits per heavy atom. The molecule has 0 bridgehead atoms. The molecule has 0 amide bonds. The van der Waals surface area contributed by atoms with Crippen LogP contribution >= 0.6 is 0 Å². The maximum absolute atomic E-state index is 4.20. The number of hydrogen-bond donors (Lipinski definition) is 1. The molecule has 0 spiro atoms. The lowest BCUT2D eigenvalue weighted by molar-refractivity contribution is 0.502. The first kappa shape index (κ1) is 11.2.